The molecule has 0 radical (unpaired) electrons. The number of ether oxygens (including phenoxy) is 1. The lowest BCUT2D eigenvalue weighted by atomic mass is 10.1. The molecule has 1 unspecified atom stereocenters. The molecule has 1 amide bonds. The van der Waals surface area contributed by atoms with E-state index in [0.29, 0.717) is 11.7 Å². The van der Waals surface area contributed by atoms with Gasteiger partial charge in [0.2, 0.25) is 5.91 Å². The molecule has 114 valence electrons. The lowest BCUT2D eigenvalue weighted by Crippen LogP contribution is -2.39. The highest BCUT2D eigenvalue weighted by atomic mass is 32.2. The van der Waals surface area contributed by atoms with Gasteiger partial charge in [0.05, 0.1) is 19.2 Å². The second kappa shape index (κ2) is 6.44. The summed E-state index contributed by atoms with van der Waals surface area (Å²) in [6.45, 7) is 2.92. The summed E-state index contributed by atoms with van der Waals surface area (Å²) in [7, 11) is 1.64. The fraction of sp³-hybridized carbons (Fsp3) is 0.278. The number of fused-ring (bicyclic) bond motifs is 1. The normalized spacial score (nSPS) is 17.0. The van der Waals surface area contributed by atoms with Crippen LogP contribution < -0.4 is 9.64 Å². The van der Waals surface area contributed by atoms with Crippen molar-refractivity contribution in [3.05, 3.63) is 54.1 Å². The molecule has 2 aromatic rings. The predicted molar refractivity (Wildman–Crippen MR) is 90.8 cm³/mol. The summed E-state index contributed by atoms with van der Waals surface area (Å²) < 4.78 is 5.15. The van der Waals surface area contributed by atoms with Crippen LogP contribution in [0.25, 0.3) is 0 Å². The third kappa shape index (κ3) is 3.12. The Morgan fingerprint density at radius 2 is 1.95 bits per heavy atom. The minimum atomic E-state index is 0.143. The van der Waals surface area contributed by atoms with E-state index in [0.717, 1.165) is 23.5 Å². The zero-order valence-corrected chi connectivity index (χ0v) is 13.6. The molecule has 1 heterocycles. The first kappa shape index (κ1) is 15.0. The number of hydrogen-bond donors (Lipinski definition) is 0. The van der Waals surface area contributed by atoms with E-state index in [4.69, 9.17) is 4.74 Å². The van der Waals surface area contributed by atoms with E-state index < -0.39 is 0 Å². The lowest BCUT2D eigenvalue weighted by Gasteiger charge is -2.32. The van der Waals surface area contributed by atoms with E-state index in [1.165, 1.54) is 4.90 Å². The highest BCUT2D eigenvalue weighted by molar-refractivity contribution is 8.00. The maximum atomic E-state index is 12.7. The van der Waals surface area contributed by atoms with Gasteiger partial charge in [0, 0.05) is 16.7 Å². The maximum Gasteiger partial charge on any atom is 0.231 e. The Labute approximate surface area is 135 Å². The van der Waals surface area contributed by atoms with Gasteiger partial charge in [-0.25, -0.2) is 0 Å². The Bertz CT molecular complexity index is 669. The molecule has 0 saturated carbocycles. The molecule has 22 heavy (non-hydrogen) atoms. The molecule has 3 rings (SSSR count). The van der Waals surface area contributed by atoms with E-state index in [1.54, 1.807) is 7.11 Å². The van der Waals surface area contributed by atoms with Crippen LogP contribution >= 0.6 is 11.8 Å². The van der Waals surface area contributed by atoms with Gasteiger partial charge in [0.25, 0.3) is 0 Å². The molecule has 0 N–H and O–H groups in total. The number of para-hydroxylation sites is 1. The molecule has 0 aliphatic carbocycles. The molecule has 0 spiro atoms. The van der Waals surface area contributed by atoms with E-state index in [-0.39, 0.29) is 5.91 Å². The molecule has 0 bridgehead atoms. The SMILES string of the molecule is COc1ccc(CC(=O)N2CC(C)Sc3ccccc32)cc1. The highest BCUT2D eigenvalue weighted by Crippen LogP contribution is 2.38. The Morgan fingerprint density at radius 3 is 2.68 bits per heavy atom. The molecule has 1 aliphatic heterocycles. The molecule has 0 aromatic heterocycles. The van der Waals surface area contributed by atoms with Crippen molar-refractivity contribution >= 4 is 23.4 Å². The Hall–Kier alpha value is -1.94. The standard InChI is InChI=1S/C18H19NO2S/c1-13-12-19(16-5-3-4-6-17(16)22-13)18(20)11-14-7-9-15(21-2)10-8-14/h3-10,13H,11-12H2,1-2H3. The van der Waals surface area contributed by atoms with E-state index >= 15 is 0 Å². The number of thioether (sulfide) groups is 1. The number of anilines is 1. The first-order chi connectivity index (χ1) is 10.7. The van der Waals surface area contributed by atoms with Gasteiger partial charge in [-0.3, -0.25) is 4.79 Å². The molecule has 3 nitrogen and oxygen atoms in total. The lowest BCUT2D eigenvalue weighted by molar-refractivity contribution is -0.118. The predicted octanol–water partition coefficient (Wildman–Crippen LogP) is 3.77. The first-order valence-corrected chi connectivity index (χ1v) is 8.24. The summed E-state index contributed by atoms with van der Waals surface area (Å²) >= 11 is 1.83. The van der Waals surface area contributed by atoms with Gasteiger partial charge < -0.3 is 9.64 Å². The second-order valence-corrected chi connectivity index (χ2v) is 6.91. The molecule has 1 atom stereocenters. The van der Waals surface area contributed by atoms with Crippen molar-refractivity contribution in [3.8, 4) is 5.75 Å². The van der Waals surface area contributed by atoms with Gasteiger partial charge in [0.1, 0.15) is 5.75 Å². The number of carbonyl (C=O) groups excluding carboxylic acids is 1. The van der Waals surface area contributed by atoms with Crippen molar-refractivity contribution in [2.45, 2.75) is 23.5 Å². The van der Waals surface area contributed by atoms with Crippen LogP contribution in [0.15, 0.2) is 53.4 Å². The fourth-order valence-corrected chi connectivity index (χ4v) is 3.75. The Kier molecular flexibility index (Phi) is 4.39. The summed E-state index contributed by atoms with van der Waals surface area (Å²) in [5.74, 6) is 0.953. The van der Waals surface area contributed by atoms with Crippen molar-refractivity contribution in [3.63, 3.8) is 0 Å². The van der Waals surface area contributed by atoms with Crippen LogP contribution in [0, 0.1) is 0 Å². The van der Waals surface area contributed by atoms with Gasteiger partial charge in [-0.2, -0.15) is 0 Å². The molecule has 0 saturated heterocycles. The smallest absolute Gasteiger partial charge is 0.231 e. The quantitative estimate of drug-likeness (QED) is 0.864. The van der Waals surface area contributed by atoms with Crippen LogP contribution in [0.1, 0.15) is 12.5 Å². The third-order valence-corrected chi connectivity index (χ3v) is 4.89. The van der Waals surface area contributed by atoms with Gasteiger partial charge in [-0.1, -0.05) is 31.2 Å². The van der Waals surface area contributed by atoms with E-state index in [2.05, 4.69) is 13.0 Å². The number of rotatable bonds is 3. The molecular weight excluding hydrogens is 294 g/mol. The van der Waals surface area contributed by atoms with Gasteiger partial charge in [-0.05, 0) is 29.8 Å². The van der Waals surface area contributed by atoms with Gasteiger partial charge in [-0.15, -0.1) is 11.8 Å². The van der Waals surface area contributed by atoms with Crippen LogP contribution in [0.5, 0.6) is 5.75 Å². The van der Waals surface area contributed by atoms with Crippen molar-refractivity contribution < 1.29 is 9.53 Å². The monoisotopic (exact) mass is 313 g/mol. The zero-order valence-electron chi connectivity index (χ0n) is 12.8. The number of methoxy groups -OCH3 is 1. The topological polar surface area (TPSA) is 29.5 Å². The Morgan fingerprint density at radius 1 is 1.23 bits per heavy atom. The summed E-state index contributed by atoms with van der Waals surface area (Å²) in [4.78, 5) is 15.8. The number of hydrogen-bond acceptors (Lipinski definition) is 3. The molecule has 1 aliphatic rings. The molecule has 4 heteroatoms. The largest absolute Gasteiger partial charge is 0.497 e. The number of amides is 1. The van der Waals surface area contributed by atoms with Gasteiger partial charge in [0.15, 0.2) is 0 Å². The van der Waals surface area contributed by atoms with Crippen LogP contribution in [0.3, 0.4) is 0 Å². The molecule has 2 aromatic carbocycles. The first-order valence-electron chi connectivity index (χ1n) is 7.36. The second-order valence-electron chi connectivity index (χ2n) is 5.43. The minimum absolute atomic E-state index is 0.143. The third-order valence-electron chi connectivity index (χ3n) is 3.74. The summed E-state index contributed by atoms with van der Waals surface area (Å²) in [5.41, 5.74) is 2.04. The van der Waals surface area contributed by atoms with Crippen molar-refractivity contribution in [2.24, 2.45) is 0 Å². The number of nitrogens with zero attached hydrogens (tertiary/aromatic N) is 1. The number of carbonyl (C=O) groups is 1. The summed E-state index contributed by atoms with van der Waals surface area (Å²) in [5, 5.41) is 0.412. The van der Waals surface area contributed by atoms with E-state index in [9.17, 15) is 4.79 Å². The summed E-state index contributed by atoms with van der Waals surface area (Å²) in [6.07, 6.45) is 0.412. The fourth-order valence-electron chi connectivity index (χ4n) is 2.64. The average molecular weight is 313 g/mol. The van der Waals surface area contributed by atoms with Crippen LogP contribution in [-0.2, 0) is 11.2 Å². The average Bonchev–Trinajstić information content (AvgIpc) is 2.54. The van der Waals surface area contributed by atoms with Crippen molar-refractivity contribution in [2.75, 3.05) is 18.6 Å². The zero-order chi connectivity index (χ0) is 15.5. The Balaban J connectivity index is 1.79. The highest BCUT2D eigenvalue weighted by Gasteiger charge is 2.26. The van der Waals surface area contributed by atoms with Crippen LogP contribution in [0.2, 0.25) is 0 Å². The van der Waals surface area contributed by atoms with Crippen molar-refractivity contribution in [1.82, 2.24) is 0 Å². The van der Waals surface area contributed by atoms with Crippen LogP contribution in [0.4, 0.5) is 5.69 Å². The van der Waals surface area contributed by atoms with Crippen molar-refractivity contribution in [1.29, 1.82) is 0 Å². The van der Waals surface area contributed by atoms with Crippen LogP contribution in [-0.4, -0.2) is 24.8 Å². The maximum absolute atomic E-state index is 12.7. The molecular formula is C18H19NO2S. The van der Waals surface area contributed by atoms with E-state index in [1.807, 2.05) is 59.1 Å². The summed E-state index contributed by atoms with van der Waals surface area (Å²) in [6, 6.07) is 15.8. The number of benzene rings is 2. The minimum Gasteiger partial charge on any atom is -0.497 e. The molecule has 0 fully saturated rings. The van der Waals surface area contributed by atoms with Gasteiger partial charge >= 0.3 is 0 Å².